The Labute approximate surface area is 164 Å². The number of nitrogens with zero attached hydrogens (tertiary/aromatic N) is 3. The second-order valence-electron chi connectivity index (χ2n) is 6.93. The van der Waals surface area contributed by atoms with Crippen molar-refractivity contribution in [1.29, 1.82) is 0 Å². The Morgan fingerprint density at radius 2 is 1.86 bits per heavy atom. The summed E-state index contributed by atoms with van der Waals surface area (Å²) < 4.78 is 7.28. The van der Waals surface area contributed by atoms with Gasteiger partial charge in [0.25, 0.3) is 0 Å². The van der Waals surface area contributed by atoms with Gasteiger partial charge in [0, 0.05) is 30.4 Å². The molecule has 6 nitrogen and oxygen atoms in total. The van der Waals surface area contributed by atoms with Crippen LogP contribution in [0.15, 0.2) is 66.9 Å². The van der Waals surface area contributed by atoms with Gasteiger partial charge in [-0.15, -0.1) is 0 Å². The number of hydrogen-bond acceptors (Lipinski definition) is 3. The molecular weight excluding hydrogens is 352 g/mol. The number of carbonyl (C=O) groups is 1. The number of morpholine rings is 1. The summed E-state index contributed by atoms with van der Waals surface area (Å²) in [6, 6.07) is 20.0. The van der Waals surface area contributed by atoms with Crippen LogP contribution in [0.3, 0.4) is 0 Å². The summed E-state index contributed by atoms with van der Waals surface area (Å²) in [5.41, 5.74) is 3.87. The molecule has 1 aliphatic heterocycles. The molecule has 2 heterocycles. The van der Waals surface area contributed by atoms with E-state index in [0.717, 1.165) is 22.5 Å². The molecular formula is C22H24N4O2. The molecule has 1 aromatic heterocycles. The molecule has 1 atom stereocenters. The van der Waals surface area contributed by atoms with Crippen molar-refractivity contribution in [3.8, 4) is 16.9 Å². The van der Waals surface area contributed by atoms with Gasteiger partial charge in [-0.1, -0.05) is 48.5 Å². The third-order valence-electron chi connectivity index (χ3n) is 4.92. The van der Waals surface area contributed by atoms with Gasteiger partial charge >= 0.3 is 6.03 Å². The highest BCUT2D eigenvalue weighted by atomic mass is 16.5. The molecule has 0 radical (unpaired) electrons. The summed E-state index contributed by atoms with van der Waals surface area (Å²) >= 11 is 0. The van der Waals surface area contributed by atoms with E-state index < -0.39 is 0 Å². The summed E-state index contributed by atoms with van der Waals surface area (Å²) in [4.78, 5) is 14.5. The zero-order valence-electron chi connectivity index (χ0n) is 15.9. The van der Waals surface area contributed by atoms with Gasteiger partial charge in [0.1, 0.15) is 0 Å². The van der Waals surface area contributed by atoms with Gasteiger partial charge < -0.3 is 15.0 Å². The van der Waals surface area contributed by atoms with E-state index in [1.165, 1.54) is 0 Å². The predicted octanol–water partition coefficient (Wildman–Crippen LogP) is 3.47. The van der Waals surface area contributed by atoms with E-state index in [4.69, 9.17) is 9.84 Å². The standard InChI is InChI=1S/C22H24N4O2/c1-17-16-28-13-12-25(17)22(27)23-14-19-15-26(20-10-6-3-7-11-20)24-21(19)18-8-4-2-5-9-18/h2-11,15,17H,12-14,16H2,1H3,(H,23,27)/t17-/m1/s1. The minimum atomic E-state index is -0.0673. The van der Waals surface area contributed by atoms with E-state index in [-0.39, 0.29) is 12.1 Å². The Morgan fingerprint density at radius 3 is 2.57 bits per heavy atom. The molecule has 1 saturated heterocycles. The Balaban J connectivity index is 1.58. The first-order valence-corrected chi connectivity index (χ1v) is 9.54. The molecule has 0 saturated carbocycles. The number of para-hydroxylation sites is 1. The molecule has 0 spiro atoms. The molecule has 0 unspecified atom stereocenters. The van der Waals surface area contributed by atoms with Crippen LogP contribution in [0.5, 0.6) is 0 Å². The summed E-state index contributed by atoms with van der Waals surface area (Å²) in [5.74, 6) is 0. The van der Waals surface area contributed by atoms with Crippen LogP contribution in [-0.4, -0.2) is 46.5 Å². The number of amides is 2. The van der Waals surface area contributed by atoms with Crippen molar-refractivity contribution in [3.63, 3.8) is 0 Å². The van der Waals surface area contributed by atoms with Crippen molar-refractivity contribution in [1.82, 2.24) is 20.0 Å². The quantitative estimate of drug-likeness (QED) is 0.758. The SMILES string of the molecule is C[C@@H]1COCCN1C(=O)NCc1cn(-c2ccccc2)nc1-c1ccccc1. The first-order valence-electron chi connectivity index (χ1n) is 9.54. The fourth-order valence-electron chi connectivity index (χ4n) is 3.39. The molecule has 0 bridgehead atoms. The van der Waals surface area contributed by atoms with E-state index in [1.54, 1.807) is 0 Å². The molecule has 1 fully saturated rings. The van der Waals surface area contributed by atoms with Crippen molar-refractivity contribution in [2.24, 2.45) is 0 Å². The molecule has 3 aromatic rings. The lowest BCUT2D eigenvalue weighted by Crippen LogP contribution is -2.51. The van der Waals surface area contributed by atoms with Gasteiger partial charge in [-0.25, -0.2) is 9.48 Å². The van der Waals surface area contributed by atoms with Crippen LogP contribution in [-0.2, 0) is 11.3 Å². The van der Waals surface area contributed by atoms with Crippen LogP contribution in [0.1, 0.15) is 12.5 Å². The maximum atomic E-state index is 12.6. The second-order valence-corrected chi connectivity index (χ2v) is 6.93. The number of carbonyl (C=O) groups excluding carboxylic acids is 1. The number of nitrogens with one attached hydrogen (secondary N) is 1. The fraction of sp³-hybridized carbons (Fsp3) is 0.273. The lowest BCUT2D eigenvalue weighted by molar-refractivity contribution is 0.0190. The largest absolute Gasteiger partial charge is 0.377 e. The number of urea groups is 1. The molecule has 0 aliphatic carbocycles. The van der Waals surface area contributed by atoms with Crippen molar-refractivity contribution in [2.45, 2.75) is 19.5 Å². The second kappa shape index (κ2) is 8.27. The van der Waals surface area contributed by atoms with Gasteiger partial charge in [-0.3, -0.25) is 0 Å². The zero-order valence-corrected chi connectivity index (χ0v) is 15.9. The molecule has 1 aliphatic rings. The van der Waals surface area contributed by atoms with Crippen molar-refractivity contribution in [3.05, 3.63) is 72.4 Å². The van der Waals surface area contributed by atoms with E-state index in [9.17, 15) is 4.79 Å². The minimum Gasteiger partial charge on any atom is -0.377 e. The van der Waals surface area contributed by atoms with Crippen LogP contribution in [0.25, 0.3) is 16.9 Å². The Hall–Kier alpha value is -3.12. The number of aromatic nitrogens is 2. The normalized spacial score (nSPS) is 16.8. The van der Waals surface area contributed by atoms with Crippen LogP contribution in [0.2, 0.25) is 0 Å². The van der Waals surface area contributed by atoms with Gasteiger partial charge in [-0.2, -0.15) is 5.10 Å². The molecule has 2 aromatic carbocycles. The maximum absolute atomic E-state index is 12.6. The highest BCUT2D eigenvalue weighted by Gasteiger charge is 2.24. The highest BCUT2D eigenvalue weighted by Crippen LogP contribution is 2.23. The summed E-state index contributed by atoms with van der Waals surface area (Å²) in [7, 11) is 0. The summed E-state index contributed by atoms with van der Waals surface area (Å²) in [5, 5.41) is 7.84. The average Bonchev–Trinajstić information content (AvgIpc) is 3.18. The summed E-state index contributed by atoms with van der Waals surface area (Å²) in [6.07, 6.45) is 1.99. The zero-order chi connectivity index (χ0) is 19.3. The van der Waals surface area contributed by atoms with Crippen LogP contribution < -0.4 is 5.32 Å². The molecule has 144 valence electrons. The molecule has 28 heavy (non-hydrogen) atoms. The van der Waals surface area contributed by atoms with Crippen LogP contribution in [0, 0.1) is 0 Å². The van der Waals surface area contributed by atoms with Crippen molar-refractivity contribution in [2.75, 3.05) is 19.8 Å². The van der Waals surface area contributed by atoms with Gasteiger partial charge in [0.15, 0.2) is 0 Å². The molecule has 6 heteroatoms. The van der Waals surface area contributed by atoms with E-state index in [1.807, 2.05) is 83.4 Å². The van der Waals surface area contributed by atoms with E-state index in [2.05, 4.69) is 5.32 Å². The number of ether oxygens (including phenoxy) is 1. The number of rotatable bonds is 4. The Morgan fingerprint density at radius 1 is 1.14 bits per heavy atom. The Bertz CT molecular complexity index is 924. The average molecular weight is 376 g/mol. The van der Waals surface area contributed by atoms with Crippen molar-refractivity contribution >= 4 is 6.03 Å². The van der Waals surface area contributed by atoms with E-state index >= 15 is 0 Å². The Kier molecular flexibility index (Phi) is 5.39. The first kappa shape index (κ1) is 18.3. The summed E-state index contributed by atoms with van der Waals surface area (Å²) in [6.45, 7) is 4.19. The fourth-order valence-corrected chi connectivity index (χ4v) is 3.39. The predicted molar refractivity (Wildman–Crippen MR) is 108 cm³/mol. The number of benzene rings is 2. The smallest absolute Gasteiger partial charge is 0.318 e. The molecule has 1 N–H and O–H groups in total. The highest BCUT2D eigenvalue weighted by molar-refractivity contribution is 5.75. The van der Waals surface area contributed by atoms with Crippen molar-refractivity contribution < 1.29 is 9.53 Å². The van der Waals surface area contributed by atoms with Crippen LogP contribution >= 0.6 is 0 Å². The van der Waals surface area contributed by atoms with Gasteiger partial charge in [0.05, 0.1) is 30.6 Å². The monoisotopic (exact) mass is 376 g/mol. The molecule has 4 rings (SSSR count). The lowest BCUT2D eigenvalue weighted by atomic mass is 10.1. The first-order chi connectivity index (χ1) is 13.7. The third-order valence-corrected chi connectivity index (χ3v) is 4.92. The lowest BCUT2D eigenvalue weighted by Gasteiger charge is -2.33. The van der Waals surface area contributed by atoms with Gasteiger partial charge in [-0.05, 0) is 19.1 Å². The van der Waals surface area contributed by atoms with Crippen LogP contribution in [0.4, 0.5) is 4.79 Å². The minimum absolute atomic E-state index is 0.0673. The number of hydrogen-bond donors (Lipinski definition) is 1. The molecule has 2 amide bonds. The van der Waals surface area contributed by atoms with Gasteiger partial charge in [0.2, 0.25) is 0 Å². The topological polar surface area (TPSA) is 59.4 Å². The third kappa shape index (κ3) is 3.92. The van der Waals surface area contributed by atoms with E-state index in [0.29, 0.717) is 26.3 Å². The maximum Gasteiger partial charge on any atom is 0.318 e.